The maximum absolute atomic E-state index is 14.1. The topological polar surface area (TPSA) is 73.9 Å². The number of benzene rings is 2. The van der Waals surface area contributed by atoms with Gasteiger partial charge in [-0.15, -0.1) is 10.2 Å². The van der Waals surface area contributed by atoms with E-state index in [1.807, 2.05) is 13.0 Å². The normalized spacial score (nSPS) is 10.8. The Bertz CT molecular complexity index is 835. The quantitative estimate of drug-likeness (QED) is 0.783. The molecule has 106 valence electrons. The molecule has 0 amide bonds. The van der Waals surface area contributed by atoms with Crippen LogP contribution in [0.25, 0.3) is 22.2 Å². The summed E-state index contributed by atoms with van der Waals surface area (Å²) >= 11 is 0. The van der Waals surface area contributed by atoms with E-state index in [1.165, 1.54) is 6.07 Å². The Morgan fingerprint density at radius 3 is 2.62 bits per heavy atom. The van der Waals surface area contributed by atoms with Crippen LogP contribution in [0.5, 0.6) is 5.75 Å². The number of nitrogens with zero attached hydrogens (tertiary/aromatic N) is 3. The number of halogens is 1. The number of rotatable bonds is 2. The van der Waals surface area contributed by atoms with Crippen molar-refractivity contribution in [2.45, 2.75) is 6.92 Å². The molecule has 0 atom stereocenters. The van der Waals surface area contributed by atoms with Crippen molar-refractivity contribution in [3.05, 3.63) is 41.7 Å². The van der Waals surface area contributed by atoms with E-state index in [-0.39, 0.29) is 11.8 Å². The first-order valence-corrected chi connectivity index (χ1v) is 6.33. The lowest BCUT2D eigenvalue weighted by molar-refractivity contribution is 0.414. The van der Waals surface area contributed by atoms with Crippen LogP contribution < -0.4 is 10.5 Å². The number of anilines is 1. The monoisotopic (exact) mass is 284 g/mol. The largest absolute Gasteiger partial charge is 0.497 e. The fraction of sp³-hybridized carbons (Fsp3) is 0.133. The average molecular weight is 284 g/mol. The summed E-state index contributed by atoms with van der Waals surface area (Å²) in [6.07, 6.45) is 0. The second-order valence-corrected chi connectivity index (χ2v) is 4.67. The number of aryl methyl sites for hydroxylation is 1. The minimum Gasteiger partial charge on any atom is -0.497 e. The molecular weight excluding hydrogens is 271 g/mol. The zero-order valence-corrected chi connectivity index (χ0v) is 11.6. The predicted molar refractivity (Wildman–Crippen MR) is 78.4 cm³/mol. The Hall–Kier alpha value is -2.76. The van der Waals surface area contributed by atoms with Crippen molar-refractivity contribution < 1.29 is 9.13 Å². The standard InChI is InChI=1S/C15H13FN4O/c1-8-5-13-14(19-20-15(17)18-13)7-10(8)11-6-9(21-2)3-4-12(11)16/h3-7H,1-2H3,(H2,17,18,20). The Labute approximate surface area is 120 Å². The number of ether oxygens (including phenoxy) is 1. The lowest BCUT2D eigenvalue weighted by Crippen LogP contribution is -1.99. The maximum atomic E-state index is 14.1. The minimum absolute atomic E-state index is 0.113. The summed E-state index contributed by atoms with van der Waals surface area (Å²) in [6.45, 7) is 1.88. The molecule has 0 saturated heterocycles. The van der Waals surface area contributed by atoms with Gasteiger partial charge in [0.2, 0.25) is 5.95 Å². The van der Waals surface area contributed by atoms with Crippen LogP contribution in [0.15, 0.2) is 30.3 Å². The van der Waals surface area contributed by atoms with Crippen LogP contribution in [0.3, 0.4) is 0 Å². The molecule has 1 aromatic heterocycles. The summed E-state index contributed by atoms with van der Waals surface area (Å²) in [5, 5.41) is 7.72. The third-order valence-corrected chi connectivity index (χ3v) is 3.28. The summed E-state index contributed by atoms with van der Waals surface area (Å²) in [5.41, 5.74) is 8.76. The molecule has 0 fully saturated rings. The van der Waals surface area contributed by atoms with Crippen molar-refractivity contribution in [3.63, 3.8) is 0 Å². The zero-order chi connectivity index (χ0) is 15.0. The van der Waals surface area contributed by atoms with Crippen molar-refractivity contribution in [2.24, 2.45) is 0 Å². The Morgan fingerprint density at radius 1 is 1.05 bits per heavy atom. The van der Waals surface area contributed by atoms with Gasteiger partial charge >= 0.3 is 0 Å². The van der Waals surface area contributed by atoms with Gasteiger partial charge in [-0.3, -0.25) is 0 Å². The Morgan fingerprint density at radius 2 is 1.86 bits per heavy atom. The van der Waals surface area contributed by atoms with Crippen LogP contribution in [0, 0.1) is 12.7 Å². The van der Waals surface area contributed by atoms with Gasteiger partial charge in [-0.2, -0.15) is 0 Å². The average Bonchev–Trinajstić information content (AvgIpc) is 2.47. The first-order valence-electron chi connectivity index (χ1n) is 6.33. The van der Waals surface area contributed by atoms with Crippen LogP contribution in [0.1, 0.15) is 5.56 Å². The van der Waals surface area contributed by atoms with Gasteiger partial charge in [-0.05, 0) is 48.4 Å². The summed E-state index contributed by atoms with van der Waals surface area (Å²) in [7, 11) is 1.54. The highest BCUT2D eigenvalue weighted by Gasteiger charge is 2.12. The molecule has 0 unspecified atom stereocenters. The summed E-state index contributed by atoms with van der Waals surface area (Å²) in [5.74, 6) is 0.379. The number of nitrogens with two attached hydrogens (primary N) is 1. The lowest BCUT2D eigenvalue weighted by Gasteiger charge is -2.10. The molecule has 2 N–H and O–H groups in total. The number of methoxy groups -OCH3 is 1. The molecule has 6 heteroatoms. The van der Waals surface area contributed by atoms with Crippen molar-refractivity contribution in [2.75, 3.05) is 12.8 Å². The van der Waals surface area contributed by atoms with Crippen LogP contribution in [0.4, 0.5) is 10.3 Å². The molecule has 0 radical (unpaired) electrons. The van der Waals surface area contributed by atoms with Crippen molar-refractivity contribution >= 4 is 17.0 Å². The fourth-order valence-electron chi connectivity index (χ4n) is 2.23. The first kappa shape index (κ1) is 13.2. The molecule has 3 rings (SSSR count). The zero-order valence-electron chi connectivity index (χ0n) is 11.6. The second kappa shape index (κ2) is 4.97. The highest BCUT2D eigenvalue weighted by Crippen LogP contribution is 2.31. The van der Waals surface area contributed by atoms with Gasteiger partial charge in [-0.1, -0.05) is 0 Å². The van der Waals surface area contributed by atoms with Gasteiger partial charge in [-0.25, -0.2) is 9.37 Å². The maximum Gasteiger partial charge on any atom is 0.240 e. The van der Waals surface area contributed by atoms with E-state index in [9.17, 15) is 4.39 Å². The molecule has 0 aliphatic heterocycles. The molecule has 5 nitrogen and oxygen atoms in total. The summed E-state index contributed by atoms with van der Waals surface area (Å²) in [6, 6.07) is 8.18. The molecule has 0 aliphatic rings. The SMILES string of the molecule is COc1ccc(F)c(-c2cc3nnc(N)nc3cc2C)c1. The van der Waals surface area contributed by atoms with E-state index in [0.717, 1.165) is 11.1 Å². The van der Waals surface area contributed by atoms with Gasteiger partial charge in [0.15, 0.2) is 0 Å². The molecule has 1 heterocycles. The first-order chi connectivity index (χ1) is 10.1. The van der Waals surface area contributed by atoms with Gasteiger partial charge in [0.25, 0.3) is 0 Å². The van der Waals surface area contributed by atoms with Crippen LogP contribution in [-0.2, 0) is 0 Å². The third-order valence-electron chi connectivity index (χ3n) is 3.28. The molecule has 21 heavy (non-hydrogen) atoms. The predicted octanol–water partition coefficient (Wildman–Crippen LogP) is 2.73. The van der Waals surface area contributed by atoms with Gasteiger partial charge < -0.3 is 10.5 Å². The van der Waals surface area contributed by atoms with E-state index in [2.05, 4.69) is 15.2 Å². The van der Waals surface area contributed by atoms with Gasteiger partial charge in [0.05, 0.1) is 12.6 Å². The van der Waals surface area contributed by atoms with E-state index in [1.54, 1.807) is 25.3 Å². The highest BCUT2D eigenvalue weighted by atomic mass is 19.1. The van der Waals surface area contributed by atoms with Gasteiger partial charge in [0.1, 0.15) is 17.1 Å². The lowest BCUT2D eigenvalue weighted by atomic mass is 9.99. The highest BCUT2D eigenvalue weighted by molar-refractivity contribution is 5.84. The fourth-order valence-corrected chi connectivity index (χ4v) is 2.23. The minimum atomic E-state index is -0.324. The van der Waals surface area contributed by atoms with Crippen LogP contribution in [-0.4, -0.2) is 22.3 Å². The molecule has 2 aromatic carbocycles. The van der Waals surface area contributed by atoms with Crippen molar-refractivity contribution in [1.29, 1.82) is 0 Å². The number of aromatic nitrogens is 3. The van der Waals surface area contributed by atoms with E-state index in [0.29, 0.717) is 22.3 Å². The number of hydrogen-bond acceptors (Lipinski definition) is 5. The van der Waals surface area contributed by atoms with Crippen LogP contribution in [0.2, 0.25) is 0 Å². The molecular formula is C15H13FN4O. The Kier molecular flexibility index (Phi) is 3.13. The smallest absolute Gasteiger partial charge is 0.240 e. The molecule has 0 spiro atoms. The third kappa shape index (κ3) is 2.35. The van der Waals surface area contributed by atoms with E-state index < -0.39 is 0 Å². The number of fused-ring (bicyclic) bond motifs is 1. The Balaban J connectivity index is 2.25. The molecule has 0 bridgehead atoms. The molecule has 0 saturated carbocycles. The van der Waals surface area contributed by atoms with E-state index >= 15 is 0 Å². The van der Waals surface area contributed by atoms with Crippen molar-refractivity contribution in [1.82, 2.24) is 15.2 Å². The number of nitrogen functional groups attached to an aromatic ring is 1. The van der Waals surface area contributed by atoms with Crippen molar-refractivity contribution in [3.8, 4) is 16.9 Å². The van der Waals surface area contributed by atoms with Crippen LogP contribution >= 0.6 is 0 Å². The number of hydrogen-bond donors (Lipinski definition) is 1. The summed E-state index contributed by atoms with van der Waals surface area (Å²) in [4.78, 5) is 4.11. The van der Waals surface area contributed by atoms with E-state index in [4.69, 9.17) is 10.5 Å². The second-order valence-electron chi connectivity index (χ2n) is 4.67. The molecule has 3 aromatic rings. The summed E-state index contributed by atoms with van der Waals surface area (Å²) < 4.78 is 19.3. The molecule has 0 aliphatic carbocycles. The van der Waals surface area contributed by atoms with Gasteiger partial charge in [0, 0.05) is 5.56 Å².